The van der Waals surface area contributed by atoms with Crippen LogP contribution in [0.2, 0.25) is 0 Å². The zero-order chi connectivity index (χ0) is 26.7. The first kappa shape index (κ1) is 32.1. The molecule has 0 radical (unpaired) electrons. The van der Waals surface area contributed by atoms with E-state index in [2.05, 4.69) is 15.3 Å². The van der Waals surface area contributed by atoms with E-state index < -0.39 is 5.41 Å². The third kappa shape index (κ3) is 12.9. The van der Waals surface area contributed by atoms with Crippen LogP contribution in [0, 0.1) is 17.3 Å². The van der Waals surface area contributed by atoms with E-state index in [1.54, 1.807) is 12.2 Å². The van der Waals surface area contributed by atoms with E-state index in [-0.39, 0.29) is 37.8 Å². The molecule has 2 saturated carbocycles. The fourth-order valence-electron chi connectivity index (χ4n) is 5.03. The molecule has 1 aliphatic heterocycles. The van der Waals surface area contributed by atoms with E-state index in [0.29, 0.717) is 6.42 Å². The van der Waals surface area contributed by atoms with Crippen LogP contribution in [-0.2, 0) is 14.4 Å². The van der Waals surface area contributed by atoms with Gasteiger partial charge in [-0.05, 0) is 88.9 Å². The van der Waals surface area contributed by atoms with Gasteiger partial charge in [-0.2, -0.15) is 0 Å². The average molecular weight is 510 g/mol. The molecule has 206 valence electrons. The number of hydrogen-bond donors (Lipinski definition) is 4. The number of isocyanates is 2. The van der Waals surface area contributed by atoms with Crippen molar-refractivity contribution < 1.29 is 29.7 Å². The Morgan fingerprint density at radius 3 is 1.64 bits per heavy atom. The molecule has 2 aliphatic carbocycles. The third-order valence-corrected chi connectivity index (χ3v) is 7.93. The van der Waals surface area contributed by atoms with Crippen LogP contribution in [0.15, 0.2) is 9.98 Å². The molecule has 3 aliphatic rings. The Balaban J connectivity index is 0.000000317. The maximum atomic E-state index is 10.6. The quantitative estimate of drug-likeness (QED) is 0.292. The second-order valence-corrected chi connectivity index (χ2v) is 10.5. The predicted octanol–water partition coefficient (Wildman–Crippen LogP) is 3.20. The second-order valence-electron chi connectivity index (χ2n) is 10.5. The molecule has 0 aromatic rings. The molecule has 0 aromatic heterocycles. The van der Waals surface area contributed by atoms with Gasteiger partial charge in [-0.25, -0.2) is 19.6 Å². The molecule has 1 amide bonds. The molecule has 4 N–H and O–H groups in total. The molecule has 9 heteroatoms. The number of aliphatic hydroxyl groups excluding tert-OH is 3. The van der Waals surface area contributed by atoms with Crippen LogP contribution in [0.1, 0.15) is 96.8 Å². The van der Waals surface area contributed by atoms with Crippen molar-refractivity contribution >= 4 is 18.1 Å². The Hall–Kier alpha value is -1.89. The zero-order valence-corrected chi connectivity index (χ0v) is 22.0. The van der Waals surface area contributed by atoms with Crippen molar-refractivity contribution in [3.8, 4) is 0 Å². The minimum absolute atomic E-state index is 0.156. The van der Waals surface area contributed by atoms with Crippen molar-refractivity contribution in [2.24, 2.45) is 27.2 Å². The van der Waals surface area contributed by atoms with Crippen LogP contribution in [0.3, 0.4) is 0 Å². The smallest absolute Gasteiger partial charge is 0.235 e. The fraction of sp³-hybridized carbons (Fsp3) is 0.889. The highest BCUT2D eigenvalue weighted by atomic mass is 16.3. The second kappa shape index (κ2) is 19.3. The average Bonchev–Trinajstić information content (AvgIpc) is 3.17. The van der Waals surface area contributed by atoms with Gasteiger partial charge in [0.05, 0.1) is 31.9 Å². The Labute approximate surface area is 215 Å². The molecule has 1 saturated heterocycles. The lowest BCUT2D eigenvalue weighted by Crippen LogP contribution is -2.32. The molecular formula is C27H47N3O6. The molecular weight excluding hydrogens is 462 g/mol. The van der Waals surface area contributed by atoms with E-state index in [9.17, 15) is 14.4 Å². The lowest BCUT2D eigenvalue weighted by Gasteiger charge is -2.31. The first-order chi connectivity index (χ1) is 17.4. The Bertz CT molecular complexity index is 622. The number of amides is 1. The highest BCUT2D eigenvalue weighted by Gasteiger charge is 2.27. The topological polar surface area (TPSA) is 149 Å². The third-order valence-electron chi connectivity index (χ3n) is 7.93. The van der Waals surface area contributed by atoms with Crippen molar-refractivity contribution in [3.63, 3.8) is 0 Å². The Morgan fingerprint density at radius 2 is 1.28 bits per heavy atom. The molecule has 0 bridgehead atoms. The largest absolute Gasteiger partial charge is 0.396 e. The summed E-state index contributed by atoms with van der Waals surface area (Å²) >= 11 is 0. The SMILES string of the molecule is CCC(CO)(CO)CO.O=C1CCCCCN1.O=C=NC1CCC(CC2CCC(N=C=O)CC2)CC1. The van der Waals surface area contributed by atoms with Crippen molar-refractivity contribution in [3.05, 3.63) is 0 Å². The van der Waals surface area contributed by atoms with Crippen LogP contribution in [0.4, 0.5) is 0 Å². The van der Waals surface area contributed by atoms with Crippen molar-refractivity contribution in [1.29, 1.82) is 0 Å². The summed E-state index contributed by atoms with van der Waals surface area (Å²) in [7, 11) is 0. The fourth-order valence-corrected chi connectivity index (χ4v) is 5.03. The zero-order valence-electron chi connectivity index (χ0n) is 22.0. The summed E-state index contributed by atoms with van der Waals surface area (Å²) in [5.74, 6) is 1.82. The van der Waals surface area contributed by atoms with Crippen LogP contribution in [-0.4, -0.2) is 71.8 Å². The van der Waals surface area contributed by atoms with Gasteiger partial charge in [0.15, 0.2) is 0 Å². The highest BCUT2D eigenvalue weighted by molar-refractivity contribution is 5.75. The molecule has 3 fully saturated rings. The van der Waals surface area contributed by atoms with E-state index >= 15 is 0 Å². The number of nitrogens with one attached hydrogen (secondary N) is 1. The summed E-state index contributed by atoms with van der Waals surface area (Å²) in [6.07, 6.45) is 18.4. The van der Waals surface area contributed by atoms with E-state index in [4.69, 9.17) is 15.3 Å². The van der Waals surface area contributed by atoms with Crippen LogP contribution >= 0.6 is 0 Å². The Kier molecular flexibility index (Phi) is 17.2. The van der Waals surface area contributed by atoms with Crippen LogP contribution in [0.25, 0.3) is 0 Å². The molecule has 0 unspecified atom stereocenters. The van der Waals surface area contributed by atoms with Crippen LogP contribution in [0.5, 0.6) is 0 Å². The van der Waals surface area contributed by atoms with Gasteiger partial charge in [0, 0.05) is 18.4 Å². The van der Waals surface area contributed by atoms with Gasteiger partial charge < -0.3 is 20.6 Å². The predicted molar refractivity (Wildman–Crippen MR) is 138 cm³/mol. The summed E-state index contributed by atoms with van der Waals surface area (Å²) in [6.45, 7) is 2.24. The van der Waals surface area contributed by atoms with E-state index in [1.807, 2.05) is 6.92 Å². The minimum atomic E-state index is -0.667. The number of carbonyl (C=O) groups is 1. The molecule has 0 spiro atoms. The summed E-state index contributed by atoms with van der Waals surface area (Å²) in [5.41, 5.74) is -0.667. The molecule has 36 heavy (non-hydrogen) atoms. The molecule has 1 heterocycles. The molecule has 9 nitrogen and oxygen atoms in total. The normalized spacial score (nSPS) is 26.3. The number of rotatable bonds is 8. The van der Waals surface area contributed by atoms with Gasteiger partial charge in [0.25, 0.3) is 0 Å². The maximum Gasteiger partial charge on any atom is 0.235 e. The van der Waals surface area contributed by atoms with Gasteiger partial charge in [0.1, 0.15) is 0 Å². The van der Waals surface area contributed by atoms with Gasteiger partial charge in [-0.15, -0.1) is 0 Å². The lowest BCUT2D eigenvalue weighted by atomic mass is 9.76. The van der Waals surface area contributed by atoms with Crippen molar-refractivity contribution in [1.82, 2.24) is 5.32 Å². The Morgan fingerprint density at radius 1 is 0.806 bits per heavy atom. The standard InChI is InChI=1S/C15H22N2O2.C6H11NO.C6H14O3/c18-10-16-14-5-1-12(2-6-14)9-13-3-7-15(8-4-13)17-11-19;8-6-4-2-1-3-5-7-6;1-2-6(3-7,4-8)5-9/h12-15H,1-9H2;1-5H2,(H,7,8);7-9H,2-5H2,1H3. The van der Waals surface area contributed by atoms with Crippen LogP contribution < -0.4 is 5.32 Å². The summed E-state index contributed by atoms with van der Waals surface area (Å²) < 4.78 is 0. The number of aliphatic hydroxyl groups is 3. The summed E-state index contributed by atoms with van der Waals surface area (Å²) in [5, 5.41) is 28.8. The maximum absolute atomic E-state index is 10.6. The van der Waals surface area contributed by atoms with Gasteiger partial charge in [-0.1, -0.05) is 13.3 Å². The van der Waals surface area contributed by atoms with Gasteiger partial charge >= 0.3 is 0 Å². The monoisotopic (exact) mass is 509 g/mol. The van der Waals surface area contributed by atoms with Gasteiger partial charge in [-0.3, -0.25) is 4.79 Å². The first-order valence-electron chi connectivity index (χ1n) is 13.7. The number of carbonyl (C=O) groups excluding carboxylic acids is 3. The van der Waals surface area contributed by atoms with Gasteiger partial charge in [0.2, 0.25) is 18.1 Å². The van der Waals surface area contributed by atoms with Crippen molar-refractivity contribution in [2.45, 2.75) is 109 Å². The van der Waals surface area contributed by atoms with E-state index in [1.165, 1.54) is 38.5 Å². The molecule has 0 aromatic carbocycles. The molecule has 3 rings (SSSR count). The lowest BCUT2D eigenvalue weighted by molar-refractivity contribution is -0.120. The summed E-state index contributed by atoms with van der Waals surface area (Å²) in [4.78, 5) is 38.7. The number of nitrogens with zero attached hydrogens (tertiary/aromatic N) is 2. The van der Waals surface area contributed by atoms with Crippen molar-refractivity contribution in [2.75, 3.05) is 26.4 Å². The molecule has 0 atom stereocenters. The number of aliphatic imine (C=N–C) groups is 2. The highest BCUT2D eigenvalue weighted by Crippen LogP contribution is 2.36. The number of hydrogen-bond acceptors (Lipinski definition) is 8. The minimum Gasteiger partial charge on any atom is -0.396 e. The summed E-state index contributed by atoms with van der Waals surface area (Å²) in [6, 6.07) is 0.456. The van der Waals surface area contributed by atoms with E-state index in [0.717, 1.165) is 63.3 Å². The first-order valence-corrected chi connectivity index (χ1v) is 13.7.